The summed E-state index contributed by atoms with van der Waals surface area (Å²) < 4.78 is 5.68. The van der Waals surface area contributed by atoms with Crippen molar-refractivity contribution in [1.29, 1.82) is 0 Å². The van der Waals surface area contributed by atoms with E-state index in [1.54, 1.807) is 0 Å². The second-order valence-corrected chi connectivity index (χ2v) is 4.53. The van der Waals surface area contributed by atoms with Crippen LogP contribution in [0.2, 0.25) is 0 Å². The monoisotopic (exact) mass is 231 g/mol. The van der Waals surface area contributed by atoms with Crippen LogP contribution in [0.1, 0.15) is 38.2 Å². The molecule has 2 nitrogen and oxygen atoms in total. The van der Waals surface area contributed by atoms with Crippen molar-refractivity contribution < 1.29 is 4.74 Å². The average Bonchev–Trinajstić information content (AvgIpc) is 2.55. The first-order valence-electron chi connectivity index (χ1n) is 6.49. The molecule has 1 aromatic rings. The quantitative estimate of drug-likeness (QED) is 0.865. The summed E-state index contributed by atoms with van der Waals surface area (Å²) in [6, 6.07) is 8.45. The Kier molecular flexibility index (Phi) is 4.21. The Morgan fingerprint density at radius 2 is 2.12 bits per heavy atom. The zero-order valence-electron chi connectivity index (χ0n) is 10.5. The van der Waals surface area contributed by atoms with Crippen LogP contribution >= 0.6 is 0 Å². The average molecular weight is 231 g/mol. The highest BCUT2D eigenvalue weighted by Gasteiger charge is 2.13. The van der Waals surface area contributed by atoms with Crippen LogP contribution in [0.5, 0.6) is 5.75 Å². The maximum absolute atomic E-state index is 6.07. The molecule has 2 N–H and O–H groups in total. The predicted octanol–water partition coefficient (Wildman–Crippen LogP) is 3.37. The molecule has 0 bridgehead atoms. The van der Waals surface area contributed by atoms with E-state index in [1.165, 1.54) is 24.0 Å². The minimum Gasteiger partial charge on any atom is -0.493 e. The lowest BCUT2D eigenvalue weighted by Gasteiger charge is -2.13. The Morgan fingerprint density at radius 1 is 1.29 bits per heavy atom. The highest BCUT2D eigenvalue weighted by molar-refractivity contribution is 5.71. The van der Waals surface area contributed by atoms with Gasteiger partial charge < -0.3 is 10.5 Å². The van der Waals surface area contributed by atoms with Crippen molar-refractivity contribution in [1.82, 2.24) is 0 Å². The molecule has 1 aliphatic rings. The summed E-state index contributed by atoms with van der Waals surface area (Å²) in [7, 11) is 0. The molecule has 0 aromatic heterocycles. The van der Waals surface area contributed by atoms with E-state index in [0.717, 1.165) is 18.6 Å². The summed E-state index contributed by atoms with van der Waals surface area (Å²) in [4.78, 5) is 0. The van der Waals surface area contributed by atoms with E-state index in [2.05, 4.69) is 18.2 Å². The summed E-state index contributed by atoms with van der Waals surface area (Å²) in [5, 5.41) is 0. The number of para-hydroxylation sites is 1. The van der Waals surface area contributed by atoms with E-state index in [4.69, 9.17) is 10.5 Å². The smallest absolute Gasteiger partial charge is 0.126 e. The van der Waals surface area contributed by atoms with Crippen LogP contribution in [0.3, 0.4) is 0 Å². The van der Waals surface area contributed by atoms with Crippen LogP contribution in [0, 0.1) is 0 Å². The molecule has 92 valence electrons. The molecule has 0 saturated carbocycles. The van der Waals surface area contributed by atoms with Crippen LogP contribution in [0.15, 0.2) is 30.3 Å². The summed E-state index contributed by atoms with van der Waals surface area (Å²) in [6.07, 6.45) is 6.86. The predicted molar refractivity (Wildman–Crippen MR) is 72.0 cm³/mol. The van der Waals surface area contributed by atoms with E-state index in [0.29, 0.717) is 6.61 Å². The molecule has 0 aliphatic heterocycles. The third-order valence-electron chi connectivity index (χ3n) is 3.18. The fraction of sp³-hybridized carbons (Fsp3) is 0.467. The number of hydrogen-bond donors (Lipinski definition) is 1. The highest BCUT2D eigenvalue weighted by atomic mass is 16.5. The van der Waals surface area contributed by atoms with Crippen LogP contribution < -0.4 is 10.5 Å². The van der Waals surface area contributed by atoms with Gasteiger partial charge in [-0.15, -0.1) is 0 Å². The standard InChI is InChI=1S/C15H21NO/c1-2-17-15-10-6-5-9-14(15)12-7-3-4-8-13(16)11-12/h5-6,9-11,13H,2-4,7-8,16H2,1H3. The maximum atomic E-state index is 6.07. The van der Waals surface area contributed by atoms with E-state index < -0.39 is 0 Å². The van der Waals surface area contributed by atoms with Crippen molar-refractivity contribution in [2.24, 2.45) is 5.73 Å². The number of rotatable bonds is 3. The van der Waals surface area contributed by atoms with E-state index in [1.807, 2.05) is 19.1 Å². The van der Waals surface area contributed by atoms with Gasteiger partial charge in [-0.1, -0.05) is 30.7 Å². The summed E-state index contributed by atoms with van der Waals surface area (Å²) in [6.45, 7) is 2.72. The Hall–Kier alpha value is -1.28. The van der Waals surface area contributed by atoms with Crippen molar-refractivity contribution in [3.63, 3.8) is 0 Å². The zero-order valence-corrected chi connectivity index (χ0v) is 10.5. The van der Waals surface area contributed by atoms with Crippen LogP contribution in [0.25, 0.3) is 5.57 Å². The van der Waals surface area contributed by atoms with Gasteiger partial charge in [0.05, 0.1) is 6.61 Å². The maximum Gasteiger partial charge on any atom is 0.126 e. The summed E-state index contributed by atoms with van der Waals surface area (Å²) >= 11 is 0. The van der Waals surface area contributed by atoms with Gasteiger partial charge in [0.25, 0.3) is 0 Å². The summed E-state index contributed by atoms with van der Waals surface area (Å²) in [5.41, 5.74) is 8.63. The van der Waals surface area contributed by atoms with Crippen molar-refractivity contribution in [2.45, 2.75) is 38.6 Å². The van der Waals surface area contributed by atoms with Crippen molar-refractivity contribution in [2.75, 3.05) is 6.61 Å². The largest absolute Gasteiger partial charge is 0.493 e. The number of nitrogens with two attached hydrogens (primary N) is 1. The minimum absolute atomic E-state index is 0.196. The zero-order chi connectivity index (χ0) is 12.1. The van der Waals surface area contributed by atoms with Gasteiger partial charge in [-0.2, -0.15) is 0 Å². The van der Waals surface area contributed by atoms with Gasteiger partial charge >= 0.3 is 0 Å². The highest BCUT2D eigenvalue weighted by Crippen LogP contribution is 2.31. The Morgan fingerprint density at radius 3 is 2.94 bits per heavy atom. The molecule has 0 heterocycles. The number of hydrogen-bond acceptors (Lipinski definition) is 2. The van der Waals surface area contributed by atoms with Crippen LogP contribution in [-0.4, -0.2) is 12.6 Å². The lowest BCUT2D eigenvalue weighted by Crippen LogP contribution is -2.15. The first-order valence-corrected chi connectivity index (χ1v) is 6.49. The third-order valence-corrected chi connectivity index (χ3v) is 3.18. The molecule has 2 rings (SSSR count). The summed E-state index contributed by atoms with van der Waals surface area (Å²) in [5.74, 6) is 0.982. The molecule has 1 atom stereocenters. The van der Waals surface area contributed by atoms with Crippen LogP contribution in [-0.2, 0) is 0 Å². The van der Waals surface area contributed by atoms with Crippen molar-refractivity contribution >= 4 is 5.57 Å². The normalized spacial score (nSPS) is 20.6. The van der Waals surface area contributed by atoms with E-state index >= 15 is 0 Å². The SMILES string of the molecule is CCOc1ccccc1C1=CC(N)CCCC1. The number of allylic oxidation sites excluding steroid dienone is 1. The Labute approximate surface area is 103 Å². The van der Waals surface area contributed by atoms with Gasteiger partial charge in [0, 0.05) is 11.6 Å². The van der Waals surface area contributed by atoms with Gasteiger partial charge in [0.2, 0.25) is 0 Å². The Bertz CT molecular complexity index is 398. The molecule has 1 aliphatic carbocycles. The first-order chi connectivity index (χ1) is 8.31. The Balaban J connectivity index is 2.31. The lowest BCUT2D eigenvalue weighted by atomic mass is 10.00. The van der Waals surface area contributed by atoms with E-state index in [9.17, 15) is 0 Å². The molecule has 0 amide bonds. The second kappa shape index (κ2) is 5.87. The topological polar surface area (TPSA) is 35.2 Å². The molecule has 1 aromatic carbocycles. The molecule has 2 heteroatoms. The van der Waals surface area contributed by atoms with Crippen molar-refractivity contribution in [3.05, 3.63) is 35.9 Å². The molecule has 0 saturated heterocycles. The molecule has 0 fully saturated rings. The van der Waals surface area contributed by atoms with Gasteiger partial charge in [-0.25, -0.2) is 0 Å². The lowest BCUT2D eigenvalue weighted by molar-refractivity contribution is 0.339. The molecule has 0 spiro atoms. The van der Waals surface area contributed by atoms with Gasteiger partial charge in [0.15, 0.2) is 0 Å². The second-order valence-electron chi connectivity index (χ2n) is 4.53. The molecular weight excluding hydrogens is 210 g/mol. The van der Waals surface area contributed by atoms with Crippen molar-refractivity contribution in [3.8, 4) is 5.75 Å². The minimum atomic E-state index is 0.196. The molecular formula is C15H21NO. The molecule has 0 radical (unpaired) electrons. The first kappa shape index (κ1) is 12.2. The van der Waals surface area contributed by atoms with Gasteiger partial charge in [0.1, 0.15) is 5.75 Å². The fourth-order valence-electron chi connectivity index (χ4n) is 2.36. The molecule has 17 heavy (non-hydrogen) atoms. The van der Waals surface area contributed by atoms with Crippen LogP contribution in [0.4, 0.5) is 0 Å². The van der Waals surface area contributed by atoms with Gasteiger partial charge in [-0.3, -0.25) is 0 Å². The number of ether oxygens (including phenoxy) is 1. The molecule has 1 unspecified atom stereocenters. The fourth-order valence-corrected chi connectivity index (χ4v) is 2.36. The number of benzene rings is 1. The van der Waals surface area contributed by atoms with Gasteiger partial charge in [-0.05, 0) is 37.8 Å². The third kappa shape index (κ3) is 3.10. The van der Waals surface area contributed by atoms with E-state index in [-0.39, 0.29) is 6.04 Å².